The van der Waals surface area contributed by atoms with Gasteiger partial charge in [-0.3, -0.25) is 4.68 Å². The molecule has 0 saturated heterocycles. The van der Waals surface area contributed by atoms with Crippen molar-refractivity contribution in [1.82, 2.24) is 15.1 Å². The van der Waals surface area contributed by atoms with Gasteiger partial charge in [-0.1, -0.05) is 37.6 Å². The number of benzene rings is 1. The van der Waals surface area contributed by atoms with E-state index in [9.17, 15) is 0 Å². The lowest BCUT2D eigenvalue weighted by atomic mass is 10.1. The summed E-state index contributed by atoms with van der Waals surface area (Å²) in [4.78, 5) is 0. The van der Waals surface area contributed by atoms with Gasteiger partial charge in [-0.15, -0.1) is 0 Å². The van der Waals surface area contributed by atoms with E-state index in [2.05, 4.69) is 36.5 Å². The summed E-state index contributed by atoms with van der Waals surface area (Å²) in [6.45, 7) is 6.17. The van der Waals surface area contributed by atoms with Gasteiger partial charge in [0, 0.05) is 22.8 Å². The van der Waals surface area contributed by atoms with Crippen molar-refractivity contribution in [2.45, 2.75) is 39.3 Å². The van der Waals surface area contributed by atoms with Crippen LogP contribution in [0.25, 0.3) is 0 Å². The molecule has 0 aliphatic rings. The Balaban J connectivity index is 2.04. The molecule has 1 aromatic heterocycles. The number of aromatic nitrogens is 2. The van der Waals surface area contributed by atoms with Gasteiger partial charge in [0.25, 0.3) is 0 Å². The Hall–Kier alpha value is -1.32. The zero-order chi connectivity index (χ0) is 14.4. The number of nitrogens with zero attached hydrogens (tertiary/aromatic N) is 2. The molecule has 0 aliphatic heterocycles. The predicted octanol–water partition coefficient (Wildman–Crippen LogP) is 4.04. The molecule has 2 rings (SSSR count). The van der Waals surface area contributed by atoms with Crippen molar-refractivity contribution < 1.29 is 0 Å². The molecule has 0 aliphatic carbocycles. The van der Waals surface area contributed by atoms with Gasteiger partial charge in [0.05, 0.1) is 12.7 Å². The van der Waals surface area contributed by atoms with E-state index in [0.717, 1.165) is 31.0 Å². The molecule has 0 bridgehead atoms. The normalized spacial score (nSPS) is 12.6. The van der Waals surface area contributed by atoms with Gasteiger partial charge in [0.15, 0.2) is 0 Å². The molecular formula is C16H22ClN3. The van der Waals surface area contributed by atoms with Gasteiger partial charge < -0.3 is 5.32 Å². The van der Waals surface area contributed by atoms with Crippen LogP contribution in [0.15, 0.2) is 36.7 Å². The third kappa shape index (κ3) is 4.09. The van der Waals surface area contributed by atoms with Crippen LogP contribution in [0.2, 0.25) is 5.02 Å². The molecule has 0 radical (unpaired) electrons. The number of rotatable bonds is 7. The fraction of sp³-hybridized carbons (Fsp3) is 0.438. The molecule has 0 amide bonds. The summed E-state index contributed by atoms with van der Waals surface area (Å²) in [7, 11) is 0. The Labute approximate surface area is 126 Å². The summed E-state index contributed by atoms with van der Waals surface area (Å²) < 4.78 is 1.97. The van der Waals surface area contributed by atoms with Crippen molar-refractivity contribution in [2.75, 3.05) is 6.54 Å². The quantitative estimate of drug-likeness (QED) is 0.834. The summed E-state index contributed by atoms with van der Waals surface area (Å²) in [5.41, 5.74) is 2.42. The van der Waals surface area contributed by atoms with Crippen molar-refractivity contribution >= 4 is 11.6 Å². The molecule has 1 heterocycles. The first-order valence-corrected chi connectivity index (χ1v) is 7.61. The lowest BCUT2D eigenvalue weighted by Gasteiger charge is -2.14. The van der Waals surface area contributed by atoms with Gasteiger partial charge in [0.2, 0.25) is 0 Å². The molecule has 108 valence electrons. The first kappa shape index (κ1) is 15.1. The molecule has 2 aromatic rings. The molecule has 0 fully saturated rings. The highest BCUT2D eigenvalue weighted by Crippen LogP contribution is 2.17. The first-order valence-electron chi connectivity index (χ1n) is 7.23. The highest BCUT2D eigenvalue weighted by molar-refractivity contribution is 6.30. The van der Waals surface area contributed by atoms with E-state index in [0.29, 0.717) is 6.04 Å². The molecule has 0 spiro atoms. The molecule has 20 heavy (non-hydrogen) atoms. The standard InChI is InChI=1S/C16H22ClN3/c1-3-8-18-16(4-2)14-10-19-20(12-14)11-13-6-5-7-15(17)9-13/h5-7,9-10,12,16,18H,3-4,8,11H2,1-2H3. The van der Waals surface area contributed by atoms with E-state index >= 15 is 0 Å². The summed E-state index contributed by atoms with van der Waals surface area (Å²) in [5.74, 6) is 0. The summed E-state index contributed by atoms with van der Waals surface area (Å²) in [5, 5.41) is 8.77. The lowest BCUT2D eigenvalue weighted by molar-refractivity contribution is 0.517. The van der Waals surface area contributed by atoms with Crippen LogP contribution in [0.4, 0.5) is 0 Å². The fourth-order valence-corrected chi connectivity index (χ4v) is 2.50. The monoisotopic (exact) mass is 291 g/mol. The summed E-state index contributed by atoms with van der Waals surface area (Å²) in [6.07, 6.45) is 6.30. The van der Waals surface area contributed by atoms with E-state index < -0.39 is 0 Å². The second kappa shape index (κ2) is 7.46. The fourth-order valence-electron chi connectivity index (χ4n) is 2.28. The zero-order valence-corrected chi connectivity index (χ0v) is 12.9. The molecule has 1 N–H and O–H groups in total. The Morgan fingerprint density at radius 1 is 1.35 bits per heavy atom. The molecular weight excluding hydrogens is 270 g/mol. The van der Waals surface area contributed by atoms with Crippen LogP contribution in [-0.2, 0) is 6.54 Å². The summed E-state index contributed by atoms with van der Waals surface area (Å²) >= 11 is 6.01. The minimum Gasteiger partial charge on any atom is -0.310 e. The van der Waals surface area contributed by atoms with Crippen molar-refractivity contribution in [2.24, 2.45) is 0 Å². The van der Waals surface area contributed by atoms with Crippen molar-refractivity contribution in [3.05, 3.63) is 52.8 Å². The Kier molecular flexibility index (Phi) is 5.62. The van der Waals surface area contributed by atoms with Crippen LogP contribution in [-0.4, -0.2) is 16.3 Å². The second-order valence-electron chi connectivity index (χ2n) is 5.02. The number of hydrogen-bond acceptors (Lipinski definition) is 2. The van der Waals surface area contributed by atoms with Gasteiger partial charge in [0.1, 0.15) is 0 Å². The van der Waals surface area contributed by atoms with Gasteiger partial charge in [-0.2, -0.15) is 5.10 Å². The van der Waals surface area contributed by atoms with Crippen molar-refractivity contribution in [3.63, 3.8) is 0 Å². The minimum absolute atomic E-state index is 0.392. The van der Waals surface area contributed by atoms with Gasteiger partial charge >= 0.3 is 0 Å². The highest BCUT2D eigenvalue weighted by atomic mass is 35.5. The molecule has 4 heteroatoms. The number of halogens is 1. The van der Waals surface area contributed by atoms with Gasteiger partial charge in [-0.25, -0.2) is 0 Å². The van der Waals surface area contributed by atoms with Crippen LogP contribution < -0.4 is 5.32 Å². The molecule has 1 aromatic carbocycles. The van der Waals surface area contributed by atoms with Crippen LogP contribution in [0, 0.1) is 0 Å². The van der Waals surface area contributed by atoms with E-state index in [1.54, 1.807) is 0 Å². The molecule has 1 atom stereocenters. The maximum atomic E-state index is 6.01. The predicted molar refractivity (Wildman–Crippen MR) is 84.1 cm³/mol. The Bertz CT molecular complexity index is 536. The van der Waals surface area contributed by atoms with Crippen molar-refractivity contribution in [3.8, 4) is 0 Å². The topological polar surface area (TPSA) is 29.9 Å². The van der Waals surface area contributed by atoms with Crippen LogP contribution in [0.5, 0.6) is 0 Å². The van der Waals surface area contributed by atoms with Gasteiger partial charge in [-0.05, 0) is 37.1 Å². The van der Waals surface area contributed by atoms with E-state index in [1.165, 1.54) is 11.1 Å². The molecule has 3 nitrogen and oxygen atoms in total. The molecule has 0 saturated carbocycles. The third-order valence-electron chi connectivity index (χ3n) is 3.34. The third-order valence-corrected chi connectivity index (χ3v) is 3.57. The zero-order valence-electron chi connectivity index (χ0n) is 12.1. The van der Waals surface area contributed by atoms with Crippen LogP contribution in [0.3, 0.4) is 0 Å². The summed E-state index contributed by atoms with van der Waals surface area (Å²) in [6, 6.07) is 8.30. The highest BCUT2D eigenvalue weighted by Gasteiger charge is 2.10. The Morgan fingerprint density at radius 3 is 2.90 bits per heavy atom. The smallest absolute Gasteiger partial charge is 0.0660 e. The maximum absolute atomic E-state index is 6.01. The number of nitrogens with one attached hydrogen (secondary N) is 1. The van der Waals surface area contributed by atoms with E-state index in [1.807, 2.05) is 29.1 Å². The SMILES string of the molecule is CCCNC(CC)c1cnn(Cc2cccc(Cl)c2)c1. The Morgan fingerprint density at radius 2 is 2.20 bits per heavy atom. The van der Waals surface area contributed by atoms with E-state index in [-0.39, 0.29) is 0 Å². The molecule has 1 unspecified atom stereocenters. The van der Waals surface area contributed by atoms with Crippen LogP contribution in [0.1, 0.15) is 43.9 Å². The van der Waals surface area contributed by atoms with E-state index in [4.69, 9.17) is 11.6 Å². The minimum atomic E-state index is 0.392. The lowest BCUT2D eigenvalue weighted by Crippen LogP contribution is -2.21. The average molecular weight is 292 g/mol. The first-order chi connectivity index (χ1) is 9.72. The maximum Gasteiger partial charge on any atom is 0.0660 e. The number of hydrogen-bond donors (Lipinski definition) is 1. The van der Waals surface area contributed by atoms with Crippen LogP contribution >= 0.6 is 11.6 Å². The average Bonchev–Trinajstić information content (AvgIpc) is 2.88. The second-order valence-corrected chi connectivity index (χ2v) is 5.45. The van der Waals surface area contributed by atoms with Crippen molar-refractivity contribution in [1.29, 1.82) is 0 Å². The largest absolute Gasteiger partial charge is 0.310 e.